The molecule has 3 aromatic rings. The molecule has 0 bridgehead atoms. The fourth-order valence-corrected chi connectivity index (χ4v) is 2.75. The molecule has 1 heterocycles. The second-order valence-electron chi connectivity index (χ2n) is 5.63. The summed E-state index contributed by atoms with van der Waals surface area (Å²) in [4.78, 5) is 6.59. The first-order valence-electron chi connectivity index (χ1n) is 7.58. The van der Waals surface area contributed by atoms with E-state index in [0.717, 1.165) is 11.1 Å². The SMILES string of the molecule is C[C@H](c1nc(-c2ccccc2)no1)N(C)Cc1cccc(Cl)c1Cl. The maximum atomic E-state index is 6.26. The van der Waals surface area contributed by atoms with Crippen molar-refractivity contribution in [1.82, 2.24) is 15.0 Å². The Kier molecular flexibility index (Phi) is 5.19. The number of rotatable bonds is 5. The van der Waals surface area contributed by atoms with Crippen LogP contribution in [0.1, 0.15) is 24.4 Å². The van der Waals surface area contributed by atoms with Gasteiger partial charge in [-0.3, -0.25) is 4.90 Å². The Bertz CT molecular complexity index is 820. The van der Waals surface area contributed by atoms with Crippen molar-refractivity contribution in [3.63, 3.8) is 0 Å². The van der Waals surface area contributed by atoms with Crippen LogP contribution in [0.3, 0.4) is 0 Å². The number of halogens is 2. The van der Waals surface area contributed by atoms with Crippen LogP contribution >= 0.6 is 23.2 Å². The third-order valence-corrected chi connectivity index (χ3v) is 4.80. The summed E-state index contributed by atoms with van der Waals surface area (Å²) in [5.41, 5.74) is 1.89. The van der Waals surface area contributed by atoms with Crippen molar-refractivity contribution in [3.8, 4) is 11.4 Å². The van der Waals surface area contributed by atoms with E-state index < -0.39 is 0 Å². The summed E-state index contributed by atoms with van der Waals surface area (Å²) < 4.78 is 5.43. The predicted molar refractivity (Wildman–Crippen MR) is 96.1 cm³/mol. The van der Waals surface area contributed by atoms with E-state index in [1.165, 1.54) is 0 Å². The van der Waals surface area contributed by atoms with Crippen LogP contribution < -0.4 is 0 Å². The van der Waals surface area contributed by atoms with Crippen LogP contribution in [0, 0.1) is 0 Å². The molecular formula is C18H17Cl2N3O. The Balaban J connectivity index is 1.75. The highest BCUT2D eigenvalue weighted by molar-refractivity contribution is 6.42. The molecule has 1 aromatic heterocycles. The van der Waals surface area contributed by atoms with E-state index in [1.807, 2.05) is 56.4 Å². The Morgan fingerprint density at radius 1 is 1.08 bits per heavy atom. The summed E-state index contributed by atoms with van der Waals surface area (Å²) in [6, 6.07) is 15.3. The molecule has 0 radical (unpaired) electrons. The Morgan fingerprint density at radius 2 is 1.83 bits per heavy atom. The number of aromatic nitrogens is 2. The minimum atomic E-state index is -0.0509. The lowest BCUT2D eigenvalue weighted by Crippen LogP contribution is -2.22. The molecule has 0 N–H and O–H groups in total. The van der Waals surface area contributed by atoms with Crippen LogP contribution in [0.4, 0.5) is 0 Å². The van der Waals surface area contributed by atoms with E-state index in [1.54, 1.807) is 6.07 Å². The smallest absolute Gasteiger partial charge is 0.244 e. The fourth-order valence-electron chi connectivity index (χ4n) is 2.37. The second kappa shape index (κ2) is 7.34. The third kappa shape index (κ3) is 3.61. The van der Waals surface area contributed by atoms with Gasteiger partial charge < -0.3 is 4.52 Å². The van der Waals surface area contributed by atoms with Gasteiger partial charge >= 0.3 is 0 Å². The summed E-state index contributed by atoms with van der Waals surface area (Å²) >= 11 is 12.3. The van der Waals surface area contributed by atoms with Gasteiger partial charge in [0.15, 0.2) is 0 Å². The summed E-state index contributed by atoms with van der Waals surface area (Å²) in [5, 5.41) is 5.20. The summed E-state index contributed by atoms with van der Waals surface area (Å²) in [7, 11) is 1.98. The molecule has 0 saturated carbocycles. The first-order valence-corrected chi connectivity index (χ1v) is 8.34. The average molecular weight is 362 g/mol. The quantitative estimate of drug-likeness (QED) is 0.623. The van der Waals surface area contributed by atoms with E-state index >= 15 is 0 Å². The Labute approximate surface area is 151 Å². The van der Waals surface area contributed by atoms with Gasteiger partial charge in [0, 0.05) is 12.1 Å². The van der Waals surface area contributed by atoms with E-state index in [9.17, 15) is 0 Å². The van der Waals surface area contributed by atoms with Crippen LogP contribution in [-0.4, -0.2) is 22.1 Å². The molecular weight excluding hydrogens is 345 g/mol. The Hall–Kier alpha value is -1.88. The molecule has 0 spiro atoms. The maximum Gasteiger partial charge on any atom is 0.244 e. The molecule has 6 heteroatoms. The van der Waals surface area contributed by atoms with Crippen LogP contribution in [0.5, 0.6) is 0 Å². The lowest BCUT2D eigenvalue weighted by atomic mass is 10.2. The van der Waals surface area contributed by atoms with Gasteiger partial charge in [-0.2, -0.15) is 4.98 Å². The van der Waals surface area contributed by atoms with Crippen LogP contribution in [0.2, 0.25) is 10.0 Å². The lowest BCUT2D eigenvalue weighted by molar-refractivity contribution is 0.203. The molecule has 4 nitrogen and oxygen atoms in total. The largest absolute Gasteiger partial charge is 0.337 e. The van der Waals surface area contributed by atoms with Gasteiger partial charge in [0.05, 0.1) is 16.1 Å². The molecule has 0 amide bonds. The van der Waals surface area contributed by atoms with Crippen molar-refractivity contribution in [2.24, 2.45) is 0 Å². The van der Waals surface area contributed by atoms with Gasteiger partial charge in [-0.15, -0.1) is 0 Å². The highest BCUT2D eigenvalue weighted by Gasteiger charge is 2.20. The summed E-state index contributed by atoms with van der Waals surface area (Å²) in [5.74, 6) is 1.15. The molecule has 0 aliphatic heterocycles. The molecule has 124 valence electrons. The third-order valence-electron chi connectivity index (χ3n) is 3.94. The molecule has 0 saturated heterocycles. The minimum absolute atomic E-state index is 0.0509. The van der Waals surface area contributed by atoms with Gasteiger partial charge in [0.1, 0.15) is 0 Å². The van der Waals surface area contributed by atoms with Crippen molar-refractivity contribution in [1.29, 1.82) is 0 Å². The first kappa shape index (κ1) is 17.0. The van der Waals surface area contributed by atoms with Crippen molar-refractivity contribution in [2.75, 3.05) is 7.05 Å². The topological polar surface area (TPSA) is 42.2 Å². The molecule has 0 aliphatic carbocycles. The van der Waals surface area contributed by atoms with Gasteiger partial charge in [0.2, 0.25) is 11.7 Å². The van der Waals surface area contributed by atoms with Crippen molar-refractivity contribution < 1.29 is 4.52 Å². The maximum absolute atomic E-state index is 6.26. The zero-order valence-corrected chi connectivity index (χ0v) is 14.9. The van der Waals surface area contributed by atoms with Gasteiger partial charge in [-0.25, -0.2) is 0 Å². The van der Waals surface area contributed by atoms with E-state index in [4.69, 9.17) is 27.7 Å². The number of hydrogen-bond donors (Lipinski definition) is 0. The lowest BCUT2D eigenvalue weighted by Gasteiger charge is -2.22. The summed E-state index contributed by atoms with van der Waals surface area (Å²) in [6.07, 6.45) is 0. The first-order chi connectivity index (χ1) is 11.6. The monoisotopic (exact) mass is 361 g/mol. The van der Waals surface area contributed by atoms with Crippen LogP contribution in [0.25, 0.3) is 11.4 Å². The van der Waals surface area contributed by atoms with Gasteiger partial charge in [-0.1, -0.05) is 70.8 Å². The highest BCUT2D eigenvalue weighted by atomic mass is 35.5. The number of benzene rings is 2. The molecule has 0 fully saturated rings. The number of nitrogens with zero attached hydrogens (tertiary/aromatic N) is 3. The fraction of sp³-hybridized carbons (Fsp3) is 0.222. The standard InChI is InChI=1S/C18H17Cl2N3O/c1-12(23(2)11-14-9-6-10-15(19)16(14)20)18-21-17(22-24-18)13-7-4-3-5-8-13/h3-10,12H,11H2,1-2H3/t12-/m1/s1. The highest BCUT2D eigenvalue weighted by Crippen LogP contribution is 2.28. The minimum Gasteiger partial charge on any atom is -0.337 e. The van der Waals surface area contributed by atoms with E-state index in [0.29, 0.717) is 28.3 Å². The van der Waals surface area contributed by atoms with E-state index in [-0.39, 0.29) is 6.04 Å². The summed E-state index contributed by atoms with van der Waals surface area (Å²) in [6.45, 7) is 2.64. The van der Waals surface area contributed by atoms with E-state index in [2.05, 4.69) is 15.0 Å². The van der Waals surface area contributed by atoms with Crippen LogP contribution in [-0.2, 0) is 6.54 Å². The van der Waals surface area contributed by atoms with Crippen molar-refractivity contribution >= 4 is 23.2 Å². The molecule has 1 atom stereocenters. The normalized spacial score (nSPS) is 12.5. The second-order valence-corrected chi connectivity index (χ2v) is 6.41. The number of hydrogen-bond acceptors (Lipinski definition) is 4. The Morgan fingerprint density at radius 3 is 2.58 bits per heavy atom. The average Bonchev–Trinajstić information content (AvgIpc) is 3.09. The molecule has 3 rings (SSSR count). The van der Waals surface area contributed by atoms with Gasteiger partial charge in [0.25, 0.3) is 0 Å². The van der Waals surface area contributed by atoms with Crippen molar-refractivity contribution in [3.05, 3.63) is 70.0 Å². The predicted octanol–water partition coefficient (Wildman–Crippen LogP) is 5.24. The zero-order valence-electron chi connectivity index (χ0n) is 13.4. The van der Waals surface area contributed by atoms with Crippen molar-refractivity contribution in [2.45, 2.75) is 19.5 Å². The zero-order chi connectivity index (χ0) is 17.1. The molecule has 0 aliphatic rings. The van der Waals surface area contributed by atoms with Crippen LogP contribution in [0.15, 0.2) is 53.1 Å². The molecule has 0 unspecified atom stereocenters. The molecule has 2 aromatic carbocycles. The van der Waals surface area contributed by atoms with Gasteiger partial charge in [-0.05, 0) is 25.6 Å². The molecule has 24 heavy (non-hydrogen) atoms.